The molecule has 2 aromatic carbocycles. The second-order valence-electron chi connectivity index (χ2n) is 7.81. The van der Waals surface area contributed by atoms with Gasteiger partial charge >= 0.3 is 5.97 Å². The quantitative estimate of drug-likeness (QED) is 0.162. The van der Waals surface area contributed by atoms with Gasteiger partial charge in [-0.15, -0.1) is 11.8 Å². The van der Waals surface area contributed by atoms with Crippen molar-refractivity contribution in [3.05, 3.63) is 66.2 Å². The van der Waals surface area contributed by atoms with Crippen molar-refractivity contribution in [2.45, 2.75) is 50.5 Å². The van der Waals surface area contributed by atoms with E-state index >= 15 is 0 Å². The Balaban J connectivity index is 1.59. The van der Waals surface area contributed by atoms with E-state index in [1.54, 1.807) is 6.92 Å². The van der Waals surface area contributed by atoms with Gasteiger partial charge in [0.2, 0.25) is 0 Å². The first-order chi connectivity index (χ1) is 15.0. The number of carbonyl (C=O) groups is 1. The van der Waals surface area contributed by atoms with Crippen molar-refractivity contribution in [3.8, 4) is 11.3 Å². The lowest BCUT2D eigenvalue weighted by Crippen LogP contribution is -2.21. The number of aliphatic hydroxyl groups is 1. The first-order valence-corrected chi connectivity index (χ1v) is 11.7. The summed E-state index contributed by atoms with van der Waals surface area (Å²) in [5, 5.41) is 11.1. The Labute approximate surface area is 188 Å². The third-order valence-corrected chi connectivity index (χ3v) is 6.14. The highest BCUT2D eigenvalue weighted by Crippen LogP contribution is 2.31. The Morgan fingerprint density at radius 1 is 1.16 bits per heavy atom. The Kier molecular flexibility index (Phi) is 8.38. The summed E-state index contributed by atoms with van der Waals surface area (Å²) in [5.41, 5.74) is 3.57. The molecule has 0 amide bonds. The van der Waals surface area contributed by atoms with Crippen molar-refractivity contribution >= 4 is 28.7 Å². The Bertz CT molecular complexity index is 1020. The molecule has 0 spiro atoms. The van der Waals surface area contributed by atoms with Crippen LogP contribution in [0.15, 0.2) is 70.0 Å². The number of aryl methyl sites for hydroxylation is 1. The molecule has 0 saturated carbocycles. The molecule has 0 bridgehead atoms. The summed E-state index contributed by atoms with van der Waals surface area (Å²) in [6.45, 7) is 7.29. The minimum absolute atomic E-state index is 0.0414. The van der Waals surface area contributed by atoms with Gasteiger partial charge in [0.25, 0.3) is 0 Å². The molecule has 3 rings (SSSR count). The predicted octanol–water partition coefficient (Wildman–Crippen LogP) is 6.40. The third-order valence-electron chi connectivity index (χ3n) is 5.00. The normalized spacial score (nSPS) is 12.1. The van der Waals surface area contributed by atoms with Crippen LogP contribution in [0.3, 0.4) is 0 Å². The van der Waals surface area contributed by atoms with E-state index in [0.717, 1.165) is 33.6 Å². The number of aliphatic hydroxyl groups excluding tert-OH is 1. The van der Waals surface area contributed by atoms with Gasteiger partial charge in [-0.25, -0.2) is 4.79 Å². The maximum Gasteiger partial charge on any atom is 0.333 e. The van der Waals surface area contributed by atoms with E-state index in [-0.39, 0.29) is 6.61 Å². The monoisotopic (exact) mass is 438 g/mol. The van der Waals surface area contributed by atoms with E-state index in [2.05, 4.69) is 43.8 Å². The Hall–Kier alpha value is -2.50. The smallest absolute Gasteiger partial charge is 0.333 e. The van der Waals surface area contributed by atoms with E-state index in [4.69, 9.17) is 9.15 Å². The Morgan fingerprint density at radius 3 is 2.65 bits per heavy atom. The molecule has 0 aliphatic heterocycles. The molecule has 0 fully saturated rings. The molecule has 3 aromatic rings. The molecule has 0 saturated heterocycles. The minimum atomic E-state index is -0.744. The lowest BCUT2D eigenvalue weighted by molar-refractivity contribution is -0.141. The van der Waals surface area contributed by atoms with Crippen LogP contribution in [-0.4, -0.2) is 29.5 Å². The summed E-state index contributed by atoms with van der Waals surface area (Å²) >= 11 is 1.50. The maximum absolute atomic E-state index is 11.4. The third kappa shape index (κ3) is 6.74. The molecule has 0 aliphatic rings. The van der Waals surface area contributed by atoms with Crippen LogP contribution in [-0.2, 0) is 16.0 Å². The van der Waals surface area contributed by atoms with Crippen molar-refractivity contribution in [1.29, 1.82) is 0 Å². The number of hydrogen-bond donors (Lipinski definition) is 1. The minimum Gasteiger partial charge on any atom is -0.460 e. The van der Waals surface area contributed by atoms with Crippen molar-refractivity contribution in [2.75, 3.05) is 12.4 Å². The number of thioether (sulfide) groups is 1. The molecular weight excluding hydrogens is 408 g/mol. The summed E-state index contributed by atoms with van der Waals surface area (Å²) in [6.07, 6.45) is 4.10. The maximum atomic E-state index is 11.4. The number of hydrogen-bond acceptors (Lipinski definition) is 5. The second-order valence-corrected chi connectivity index (χ2v) is 8.90. The SMILES string of the molecule is C=C(C)C(=O)OCC(O)CSc1ccc2cc(-c3ccc(CCCCC)cc3)oc2c1. The van der Waals surface area contributed by atoms with Crippen LogP contribution in [0.4, 0.5) is 0 Å². The van der Waals surface area contributed by atoms with E-state index in [0.29, 0.717) is 11.3 Å². The first kappa shape index (κ1) is 23.2. The van der Waals surface area contributed by atoms with Crippen LogP contribution in [0.5, 0.6) is 0 Å². The number of fused-ring (bicyclic) bond motifs is 1. The fraction of sp³-hybridized carbons (Fsp3) is 0.346. The average Bonchev–Trinajstić information content (AvgIpc) is 3.20. The van der Waals surface area contributed by atoms with Crippen LogP contribution >= 0.6 is 11.8 Å². The molecule has 4 nitrogen and oxygen atoms in total. The van der Waals surface area contributed by atoms with Crippen molar-refractivity contribution in [2.24, 2.45) is 0 Å². The van der Waals surface area contributed by atoms with Crippen molar-refractivity contribution < 1.29 is 19.1 Å². The van der Waals surface area contributed by atoms with Gasteiger partial charge in [-0.3, -0.25) is 0 Å². The van der Waals surface area contributed by atoms with Crippen LogP contribution in [0.25, 0.3) is 22.3 Å². The first-order valence-electron chi connectivity index (χ1n) is 10.7. The summed E-state index contributed by atoms with van der Waals surface area (Å²) in [6, 6.07) is 16.7. The highest BCUT2D eigenvalue weighted by molar-refractivity contribution is 7.99. The number of ether oxygens (including phenoxy) is 1. The molecule has 31 heavy (non-hydrogen) atoms. The fourth-order valence-corrected chi connectivity index (χ4v) is 4.03. The Morgan fingerprint density at radius 2 is 1.94 bits per heavy atom. The van der Waals surface area contributed by atoms with Gasteiger partial charge < -0.3 is 14.3 Å². The van der Waals surface area contributed by atoms with Crippen molar-refractivity contribution in [1.82, 2.24) is 0 Å². The van der Waals surface area contributed by atoms with Gasteiger partial charge in [0.05, 0.1) is 6.10 Å². The lowest BCUT2D eigenvalue weighted by atomic mass is 10.0. The van der Waals surface area contributed by atoms with E-state index in [9.17, 15) is 9.90 Å². The molecule has 164 valence electrons. The van der Waals surface area contributed by atoms with Crippen LogP contribution in [0.1, 0.15) is 38.7 Å². The predicted molar refractivity (Wildman–Crippen MR) is 127 cm³/mol. The van der Waals surface area contributed by atoms with Gasteiger partial charge in [0.15, 0.2) is 0 Å². The number of furan rings is 1. The highest BCUT2D eigenvalue weighted by atomic mass is 32.2. The van der Waals surface area contributed by atoms with Crippen molar-refractivity contribution in [3.63, 3.8) is 0 Å². The standard InChI is InChI=1S/C26H30O4S/c1-4-5-6-7-19-8-10-20(11-9-19)24-14-21-12-13-23(15-25(21)30-24)31-17-22(27)16-29-26(28)18(2)3/h8-15,22,27H,2,4-7,16-17H2,1,3H3. The summed E-state index contributed by atoms with van der Waals surface area (Å²) < 4.78 is 11.1. The molecule has 1 atom stereocenters. The molecule has 1 unspecified atom stereocenters. The molecular formula is C26H30O4S. The molecule has 0 aliphatic carbocycles. The summed E-state index contributed by atoms with van der Waals surface area (Å²) in [7, 11) is 0. The number of rotatable bonds is 11. The summed E-state index contributed by atoms with van der Waals surface area (Å²) in [4.78, 5) is 12.4. The number of benzene rings is 2. The lowest BCUT2D eigenvalue weighted by Gasteiger charge is -2.11. The van der Waals surface area contributed by atoms with E-state index in [1.165, 1.54) is 36.6 Å². The fourth-order valence-electron chi connectivity index (χ4n) is 3.19. The molecule has 1 heterocycles. The largest absolute Gasteiger partial charge is 0.460 e. The summed E-state index contributed by atoms with van der Waals surface area (Å²) in [5.74, 6) is 0.786. The topological polar surface area (TPSA) is 59.7 Å². The van der Waals surface area contributed by atoms with Crippen LogP contribution in [0, 0.1) is 0 Å². The zero-order valence-electron chi connectivity index (χ0n) is 18.2. The zero-order chi connectivity index (χ0) is 22.2. The van der Waals surface area contributed by atoms with Crippen LogP contribution in [0.2, 0.25) is 0 Å². The zero-order valence-corrected chi connectivity index (χ0v) is 19.0. The molecule has 0 radical (unpaired) electrons. The van der Waals surface area contributed by atoms with Gasteiger partial charge in [-0.2, -0.15) is 0 Å². The van der Waals surface area contributed by atoms with Gasteiger partial charge in [0.1, 0.15) is 18.0 Å². The second kappa shape index (κ2) is 11.2. The molecule has 5 heteroatoms. The van der Waals surface area contributed by atoms with Gasteiger partial charge in [-0.1, -0.05) is 50.6 Å². The van der Waals surface area contributed by atoms with E-state index in [1.807, 2.05) is 18.2 Å². The number of unbranched alkanes of at least 4 members (excludes halogenated alkanes) is 2. The van der Waals surface area contributed by atoms with Crippen LogP contribution < -0.4 is 0 Å². The van der Waals surface area contributed by atoms with E-state index < -0.39 is 12.1 Å². The number of carbonyl (C=O) groups excluding carboxylic acids is 1. The molecule has 1 N–H and O–H groups in total. The van der Waals surface area contributed by atoms with Gasteiger partial charge in [0, 0.05) is 27.2 Å². The van der Waals surface area contributed by atoms with Gasteiger partial charge in [-0.05, 0) is 49.6 Å². The highest BCUT2D eigenvalue weighted by Gasteiger charge is 2.12. The molecule has 1 aromatic heterocycles. The average molecular weight is 439 g/mol. The number of esters is 1.